The molecule has 5 heteroatoms. The van der Waals surface area contributed by atoms with Crippen LogP contribution in [0, 0.1) is 0 Å². The maximum atomic E-state index is 6.08. The standard InChI is InChI=1S/C15H14Cl2N2O/c16-11-1-4-14(13(17)8-11)20-15-7-10(5-6-18-15)9-19-12-2-3-12/h1,4-8,12,19H,2-3,9H2. The van der Waals surface area contributed by atoms with Gasteiger partial charge in [0.1, 0.15) is 5.75 Å². The highest BCUT2D eigenvalue weighted by Gasteiger charge is 2.20. The van der Waals surface area contributed by atoms with Crippen molar-refractivity contribution in [2.75, 3.05) is 0 Å². The summed E-state index contributed by atoms with van der Waals surface area (Å²) in [4.78, 5) is 4.20. The van der Waals surface area contributed by atoms with Gasteiger partial charge in [-0.25, -0.2) is 4.98 Å². The molecule has 0 spiro atoms. The van der Waals surface area contributed by atoms with Gasteiger partial charge in [-0.05, 0) is 42.7 Å². The van der Waals surface area contributed by atoms with Crippen LogP contribution in [0.3, 0.4) is 0 Å². The Balaban J connectivity index is 1.70. The van der Waals surface area contributed by atoms with Crippen LogP contribution in [0.15, 0.2) is 36.5 Å². The van der Waals surface area contributed by atoms with E-state index in [2.05, 4.69) is 10.3 Å². The molecule has 1 aromatic carbocycles. The van der Waals surface area contributed by atoms with Crippen molar-refractivity contribution in [1.82, 2.24) is 10.3 Å². The van der Waals surface area contributed by atoms with Crippen molar-refractivity contribution >= 4 is 23.2 Å². The molecule has 0 amide bonds. The smallest absolute Gasteiger partial charge is 0.219 e. The molecule has 3 nitrogen and oxygen atoms in total. The molecule has 0 radical (unpaired) electrons. The first-order chi connectivity index (χ1) is 9.70. The Labute approximate surface area is 127 Å². The van der Waals surface area contributed by atoms with Crippen LogP contribution < -0.4 is 10.1 Å². The zero-order chi connectivity index (χ0) is 13.9. The molecule has 1 N–H and O–H groups in total. The Morgan fingerprint density at radius 1 is 1.20 bits per heavy atom. The van der Waals surface area contributed by atoms with Crippen molar-refractivity contribution in [3.05, 3.63) is 52.1 Å². The number of nitrogens with one attached hydrogen (secondary N) is 1. The molecule has 2 aromatic rings. The van der Waals surface area contributed by atoms with Crippen LogP contribution in [-0.4, -0.2) is 11.0 Å². The summed E-state index contributed by atoms with van der Waals surface area (Å²) in [6.07, 6.45) is 4.28. The summed E-state index contributed by atoms with van der Waals surface area (Å²) in [6.45, 7) is 0.831. The second-order valence-corrected chi connectivity index (χ2v) is 5.68. The summed E-state index contributed by atoms with van der Waals surface area (Å²) in [5, 5.41) is 4.51. The highest BCUT2D eigenvalue weighted by atomic mass is 35.5. The Kier molecular flexibility index (Phi) is 4.10. The number of rotatable bonds is 5. The fraction of sp³-hybridized carbons (Fsp3) is 0.267. The molecular formula is C15H14Cl2N2O. The number of aromatic nitrogens is 1. The zero-order valence-corrected chi connectivity index (χ0v) is 12.3. The Bertz CT molecular complexity index is 615. The van der Waals surface area contributed by atoms with Crippen molar-refractivity contribution in [3.8, 4) is 11.6 Å². The fourth-order valence-corrected chi connectivity index (χ4v) is 2.28. The van der Waals surface area contributed by atoms with Gasteiger partial charge < -0.3 is 10.1 Å². The summed E-state index contributed by atoms with van der Waals surface area (Å²) in [7, 11) is 0. The lowest BCUT2D eigenvalue weighted by Crippen LogP contribution is -2.15. The van der Waals surface area contributed by atoms with Gasteiger partial charge in [0.25, 0.3) is 0 Å². The number of benzene rings is 1. The predicted molar refractivity (Wildman–Crippen MR) is 80.6 cm³/mol. The summed E-state index contributed by atoms with van der Waals surface area (Å²) in [5.74, 6) is 1.08. The third kappa shape index (κ3) is 3.63. The van der Waals surface area contributed by atoms with E-state index in [1.54, 1.807) is 24.4 Å². The minimum absolute atomic E-state index is 0.473. The van der Waals surface area contributed by atoms with E-state index in [1.165, 1.54) is 12.8 Å². The molecule has 104 valence electrons. The molecule has 1 aromatic heterocycles. The predicted octanol–water partition coefficient (Wildman–Crippen LogP) is 4.43. The van der Waals surface area contributed by atoms with E-state index < -0.39 is 0 Å². The molecule has 0 saturated heterocycles. The van der Waals surface area contributed by atoms with Crippen LogP contribution in [0.1, 0.15) is 18.4 Å². The van der Waals surface area contributed by atoms with E-state index >= 15 is 0 Å². The molecule has 0 aliphatic heterocycles. The lowest BCUT2D eigenvalue weighted by molar-refractivity contribution is 0.462. The van der Waals surface area contributed by atoms with Gasteiger partial charge in [-0.2, -0.15) is 0 Å². The lowest BCUT2D eigenvalue weighted by atomic mass is 10.2. The van der Waals surface area contributed by atoms with Crippen molar-refractivity contribution in [2.45, 2.75) is 25.4 Å². The lowest BCUT2D eigenvalue weighted by Gasteiger charge is -2.08. The fourth-order valence-electron chi connectivity index (χ4n) is 1.84. The van der Waals surface area contributed by atoms with Gasteiger partial charge in [-0.3, -0.25) is 0 Å². The summed E-state index contributed by atoms with van der Waals surface area (Å²) < 4.78 is 5.70. The number of ether oxygens (including phenoxy) is 1. The van der Waals surface area contributed by atoms with E-state index in [0.29, 0.717) is 27.7 Å². The third-order valence-corrected chi connectivity index (χ3v) is 3.61. The minimum atomic E-state index is 0.473. The molecule has 1 aliphatic carbocycles. The van der Waals surface area contributed by atoms with Gasteiger partial charge in [0, 0.05) is 29.9 Å². The second kappa shape index (κ2) is 6.00. The van der Waals surface area contributed by atoms with Crippen LogP contribution in [0.2, 0.25) is 10.0 Å². The van der Waals surface area contributed by atoms with Crippen LogP contribution in [0.25, 0.3) is 0 Å². The van der Waals surface area contributed by atoms with E-state index in [9.17, 15) is 0 Å². The molecular weight excluding hydrogens is 295 g/mol. The normalized spacial score (nSPS) is 14.3. The third-order valence-electron chi connectivity index (χ3n) is 3.08. The highest BCUT2D eigenvalue weighted by molar-refractivity contribution is 6.35. The van der Waals surface area contributed by atoms with Crippen molar-refractivity contribution in [3.63, 3.8) is 0 Å². The first-order valence-corrected chi connectivity index (χ1v) is 7.27. The largest absolute Gasteiger partial charge is 0.437 e. The van der Waals surface area contributed by atoms with Gasteiger partial charge >= 0.3 is 0 Å². The quantitative estimate of drug-likeness (QED) is 0.887. The number of hydrogen-bond acceptors (Lipinski definition) is 3. The number of nitrogens with zero attached hydrogens (tertiary/aromatic N) is 1. The van der Waals surface area contributed by atoms with E-state index in [4.69, 9.17) is 27.9 Å². The average Bonchev–Trinajstić information content (AvgIpc) is 3.24. The number of hydrogen-bond donors (Lipinski definition) is 1. The van der Waals surface area contributed by atoms with Crippen molar-refractivity contribution < 1.29 is 4.74 Å². The van der Waals surface area contributed by atoms with E-state index in [0.717, 1.165) is 12.1 Å². The zero-order valence-electron chi connectivity index (χ0n) is 10.8. The molecule has 1 fully saturated rings. The van der Waals surface area contributed by atoms with Gasteiger partial charge in [0.2, 0.25) is 5.88 Å². The first kappa shape index (κ1) is 13.7. The van der Waals surface area contributed by atoms with Gasteiger partial charge in [-0.15, -0.1) is 0 Å². The van der Waals surface area contributed by atoms with Crippen LogP contribution in [-0.2, 0) is 6.54 Å². The molecule has 0 atom stereocenters. The molecule has 20 heavy (non-hydrogen) atoms. The SMILES string of the molecule is Clc1ccc(Oc2cc(CNC3CC3)ccn2)c(Cl)c1. The van der Waals surface area contributed by atoms with Gasteiger partial charge in [0.05, 0.1) is 5.02 Å². The summed E-state index contributed by atoms with van der Waals surface area (Å²) in [5.41, 5.74) is 1.15. The molecule has 3 rings (SSSR count). The van der Waals surface area contributed by atoms with Crippen LogP contribution in [0.5, 0.6) is 11.6 Å². The van der Waals surface area contributed by atoms with E-state index in [-0.39, 0.29) is 0 Å². The van der Waals surface area contributed by atoms with Crippen LogP contribution >= 0.6 is 23.2 Å². The minimum Gasteiger partial charge on any atom is -0.437 e. The monoisotopic (exact) mass is 308 g/mol. The summed E-state index contributed by atoms with van der Waals surface area (Å²) >= 11 is 11.9. The topological polar surface area (TPSA) is 34.1 Å². The highest BCUT2D eigenvalue weighted by Crippen LogP contribution is 2.31. The summed E-state index contributed by atoms with van der Waals surface area (Å²) in [6, 6.07) is 9.70. The van der Waals surface area contributed by atoms with Crippen molar-refractivity contribution in [1.29, 1.82) is 0 Å². The number of halogens is 2. The van der Waals surface area contributed by atoms with E-state index in [1.807, 2.05) is 12.1 Å². The molecule has 0 unspecified atom stereocenters. The average molecular weight is 309 g/mol. The Morgan fingerprint density at radius 3 is 2.80 bits per heavy atom. The Morgan fingerprint density at radius 2 is 2.05 bits per heavy atom. The molecule has 1 aliphatic rings. The second-order valence-electron chi connectivity index (χ2n) is 4.83. The van der Waals surface area contributed by atoms with Gasteiger partial charge in [-0.1, -0.05) is 23.2 Å². The first-order valence-electron chi connectivity index (χ1n) is 6.52. The number of pyridine rings is 1. The van der Waals surface area contributed by atoms with Crippen molar-refractivity contribution in [2.24, 2.45) is 0 Å². The maximum Gasteiger partial charge on any atom is 0.219 e. The van der Waals surface area contributed by atoms with Gasteiger partial charge in [0.15, 0.2) is 0 Å². The maximum absolute atomic E-state index is 6.08. The Hall–Kier alpha value is -1.29. The molecule has 1 saturated carbocycles. The molecule has 1 heterocycles. The molecule has 0 bridgehead atoms. The van der Waals surface area contributed by atoms with Crippen LogP contribution in [0.4, 0.5) is 0 Å².